The van der Waals surface area contributed by atoms with Crippen molar-refractivity contribution < 1.29 is 9.90 Å². The van der Waals surface area contributed by atoms with Gasteiger partial charge in [-0.3, -0.25) is 4.79 Å². The van der Waals surface area contributed by atoms with Crippen molar-refractivity contribution in [3.05, 3.63) is 0 Å². The average molecular weight is 269 g/mol. The Hall–Kier alpha value is -0.650. The van der Waals surface area contributed by atoms with Crippen LogP contribution >= 0.6 is 0 Å². The van der Waals surface area contributed by atoms with Crippen LogP contribution in [0, 0.1) is 0 Å². The highest BCUT2D eigenvalue weighted by atomic mass is 16.3. The number of carbonyl (C=O) groups excluding carboxylic acids is 1. The Morgan fingerprint density at radius 2 is 2.11 bits per heavy atom. The normalized spacial score (nSPS) is 29.6. The van der Waals surface area contributed by atoms with Crippen LogP contribution in [0.2, 0.25) is 0 Å². The fourth-order valence-electron chi connectivity index (χ4n) is 3.18. The standard InChI is InChI=1S/C14H27N3O2/c1-3-6-17-7-4-11(5-8-17)16(2)14(19)13-9-12(18)10-15-13/h11-13,15,18H,3-10H2,1-2H3. The number of nitrogens with zero attached hydrogens (tertiary/aromatic N) is 2. The summed E-state index contributed by atoms with van der Waals surface area (Å²) in [5.74, 6) is 0.144. The van der Waals surface area contributed by atoms with Crippen molar-refractivity contribution in [2.24, 2.45) is 0 Å². The molecule has 1 amide bonds. The lowest BCUT2D eigenvalue weighted by Gasteiger charge is -2.37. The molecule has 0 spiro atoms. The van der Waals surface area contributed by atoms with Gasteiger partial charge >= 0.3 is 0 Å². The molecular weight excluding hydrogens is 242 g/mol. The van der Waals surface area contributed by atoms with Gasteiger partial charge in [0.2, 0.25) is 5.91 Å². The molecule has 5 heteroatoms. The summed E-state index contributed by atoms with van der Waals surface area (Å²) in [6.45, 7) is 6.10. The van der Waals surface area contributed by atoms with Gasteiger partial charge < -0.3 is 20.2 Å². The van der Waals surface area contributed by atoms with E-state index in [1.165, 1.54) is 13.0 Å². The second-order valence-corrected chi connectivity index (χ2v) is 5.87. The summed E-state index contributed by atoms with van der Waals surface area (Å²) in [6.07, 6.45) is 3.52. The lowest BCUT2D eigenvalue weighted by atomic mass is 10.0. The van der Waals surface area contributed by atoms with E-state index in [0.29, 0.717) is 19.0 Å². The molecule has 0 bridgehead atoms. The smallest absolute Gasteiger partial charge is 0.239 e. The summed E-state index contributed by atoms with van der Waals surface area (Å²) in [4.78, 5) is 16.7. The number of carbonyl (C=O) groups is 1. The van der Waals surface area contributed by atoms with Crippen LogP contribution in [-0.4, -0.2) is 72.2 Å². The third kappa shape index (κ3) is 3.68. The number of nitrogens with one attached hydrogen (secondary N) is 1. The Morgan fingerprint density at radius 3 is 2.63 bits per heavy atom. The van der Waals surface area contributed by atoms with Gasteiger partial charge in [0.25, 0.3) is 0 Å². The predicted molar refractivity (Wildman–Crippen MR) is 74.9 cm³/mol. The number of aliphatic hydroxyl groups excluding tert-OH is 1. The molecule has 5 nitrogen and oxygen atoms in total. The number of likely N-dealkylation sites (N-methyl/N-ethyl adjacent to an activating group) is 1. The van der Waals surface area contributed by atoms with E-state index in [-0.39, 0.29) is 18.1 Å². The topological polar surface area (TPSA) is 55.8 Å². The van der Waals surface area contributed by atoms with E-state index >= 15 is 0 Å². The minimum atomic E-state index is -0.367. The summed E-state index contributed by atoms with van der Waals surface area (Å²) in [6, 6.07) is 0.175. The van der Waals surface area contributed by atoms with Crippen molar-refractivity contribution in [1.82, 2.24) is 15.1 Å². The Kier molecular flexibility index (Phi) is 5.19. The molecule has 2 fully saturated rings. The molecule has 2 aliphatic rings. The number of aliphatic hydroxyl groups is 1. The molecule has 2 rings (SSSR count). The third-order valence-corrected chi connectivity index (χ3v) is 4.40. The Bertz CT molecular complexity index is 303. The van der Waals surface area contributed by atoms with Crippen LogP contribution in [0.4, 0.5) is 0 Å². The first kappa shape index (κ1) is 14.8. The van der Waals surface area contributed by atoms with Crippen molar-refractivity contribution >= 4 is 5.91 Å². The van der Waals surface area contributed by atoms with Crippen LogP contribution in [0.1, 0.15) is 32.6 Å². The van der Waals surface area contributed by atoms with Gasteiger partial charge in [-0.1, -0.05) is 6.92 Å². The molecule has 0 aromatic carbocycles. The molecule has 0 aliphatic carbocycles. The zero-order valence-electron chi connectivity index (χ0n) is 12.1. The van der Waals surface area contributed by atoms with Crippen LogP contribution in [0.3, 0.4) is 0 Å². The Balaban J connectivity index is 1.80. The van der Waals surface area contributed by atoms with Gasteiger partial charge in [-0.05, 0) is 32.2 Å². The molecule has 2 heterocycles. The summed E-state index contributed by atoms with van der Waals surface area (Å²) in [5, 5.41) is 12.6. The van der Waals surface area contributed by atoms with Crippen molar-refractivity contribution in [2.75, 3.05) is 33.2 Å². The fourth-order valence-corrected chi connectivity index (χ4v) is 3.18. The first-order valence-corrected chi connectivity index (χ1v) is 7.52. The summed E-state index contributed by atoms with van der Waals surface area (Å²) in [7, 11) is 1.91. The van der Waals surface area contributed by atoms with E-state index in [9.17, 15) is 9.90 Å². The van der Waals surface area contributed by atoms with Gasteiger partial charge in [0.15, 0.2) is 0 Å². The average Bonchev–Trinajstić information content (AvgIpc) is 2.85. The van der Waals surface area contributed by atoms with E-state index in [1.807, 2.05) is 11.9 Å². The first-order chi connectivity index (χ1) is 9.11. The van der Waals surface area contributed by atoms with E-state index in [4.69, 9.17) is 0 Å². The van der Waals surface area contributed by atoms with Crippen LogP contribution in [0.15, 0.2) is 0 Å². The molecule has 110 valence electrons. The highest BCUT2D eigenvalue weighted by Gasteiger charge is 2.33. The van der Waals surface area contributed by atoms with E-state index < -0.39 is 0 Å². The lowest BCUT2D eigenvalue weighted by molar-refractivity contribution is -0.134. The van der Waals surface area contributed by atoms with E-state index in [1.54, 1.807) is 0 Å². The van der Waals surface area contributed by atoms with Crippen LogP contribution in [-0.2, 0) is 4.79 Å². The van der Waals surface area contributed by atoms with Gasteiger partial charge in [0.05, 0.1) is 12.1 Å². The molecule has 0 aromatic heterocycles. The maximum Gasteiger partial charge on any atom is 0.239 e. The number of hydrogen-bond donors (Lipinski definition) is 2. The minimum absolute atomic E-state index is 0.144. The van der Waals surface area contributed by atoms with E-state index in [2.05, 4.69) is 17.1 Å². The second-order valence-electron chi connectivity index (χ2n) is 5.87. The van der Waals surface area contributed by atoms with Gasteiger partial charge in [0, 0.05) is 32.7 Å². The zero-order valence-corrected chi connectivity index (χ0v) is 12.1. The second kappa shape index (κ2) is 6.68. The Morgan fingerprint density at radius 1 is 1.42 bits per heavy atom. The lowest BCUT2D eigenvalue weighted by Crippen LogP contribution is -2.50. The molecular formula is C14H27N3O2. The number of piperidine rings is 1. The number of amides is 1. The van der Waals surface area contributed by atoms with Crippen molar-refractivity contribution in [1.29, 1.82) is 0 Å². The number of hydrogen-bond acceptors (Lipinski definition) is 4. The van der Waals surface area contributed by atoms with Crippen LogP contribution in [0.25, 0.3) is 0 Å². The Labute approximate surface area is 115 Å². The molecule has 2 saturated heterocycles. The monoisotopic (exact) mass is 269 g/mol. The van der Waals surface area contributed by atoms with Crippen molar-refractivity contribution in [3.8, 4) is 0 Å². The minimum Gasteiger partial charge on any atom is -0.392 e. The SMILES string of the molecule is CCCN1CCC(N(C)C(=O)C2CC(O)CN2)CC1. The molecule has 2 aliphatic heterocycles. The quantitative estimate of drug-likeness (QED) is 0.757. The zero-order chi connectivity index (χ0) is 13.8. The maximum atomic E-state index is 12.3. The largest absolute Gasteiger partial charge is 0.392 e. The molecule has 0 radical (unpaired) electrons. The van der Waals surface area contributed by atoms with Crippen LogP contribution < -0.4 is 5.32 Å². The number of rotatable bonds is 4. The van der Waals surface area contributed by atoms with Gasteiger partial charge in [-0.25, -0.2) is 0 Å². The highest BCUT2D eigenvalue weighted by Crippen LogP contribution is 2.18. The molecule has 2 unspecified atom stereocenters. The summed E-state index contributed by atoms with van der Waals surface area (Å²) in [5.41, 5.74) is 0. The molecule has 19 heavy (non-hydrogen) atoms. The van der Waals surface area contributed by atoms with Crippen molar-refractivity contribution in [2.45, 2.75) is 50.8 Å². The summed E-state index contributed by atoms with van der Waals surface area (Å²) < 4.78 is 0. The molecule has 2 atom stereocenters. The summed E-state index contributed by atoms with van der Waals surface area (Å²) >= 11 is 0. The molecule has 0 aromatic rings. The van der Waals surface area contributed by atoms with Crippen LogP contribution in [0.5, 0.6) is 0 Å². The number of β-amino-alcohol motifs (C(OH)–C–C–N with tert-alkyl or cyclic N) is 1. The van der Waals surface area contributed by atoms with Crippen molar-refractivity contribution in [3.63, 3.8) is 0 Å². The first-order valence-electron chi connectivity index (χ1n) is 7.52. The van der Waals surface area contributed by atoms with Gasteiger partial charge in [0.1, 0.15) is 0 Å². The van der Waals surface area contributed by atoms with E-state index in [0.717, 1.165) is 25.9 Å². The fraction of sp³-hybridized carbons (Fsp3) is 0.929. The third-order valence-electron chi connectivity index (χ3n) is 4.40. The maximum absolute atomic E-state index is 12.3. The number of likely N-dealkylation sites (tertiary alicyclic amines) is 1. The molecule has 2 N–H and O–H groups in total. The highest BCUT2D eigenvalue weighted by molar-refractivity contribution is 5.82. The van der Waals surface area contributed by atoms with Gasteiger partial charge in [-0.2, -0.15) is 0 Å². The molecule has 0 saturated carbocycles. The predicted octanol–water partition coefficient (Wildman–Crippen LogP) is 0.0420. The van der Waals surface area contributed by atoms with Gasteiger partial charge in [-0.15, -0.1) is 0 Å².